The van der Waals surface area contributed by atoms with Gasteiger partial charge in [-0.3, -0.25) is 4.79 Å². The van der Waals surface area contributed by atoms with Gasteiger partial charge in [-0.1, -0.05) is 0 Å². The lowest BCUT2D eigenvalue weighted by Gasteiger charge is -2.21. The fraction of sp³-hybridized carbons (Fsp3) is 0.0952. The number of hydrogen-bond donors (Lipinski definition) is 2. The number of aromatic nitrogens is 3. The minimum atomic E-state index is -4.49. The molecule has 31 heavy (non-hydrogen) atoms. The number of carbonyl (C=O) groups is 1. The van der Waals surface area contributed by atoms with Crippen LogP contribution in [-0.2, 0) is 6.18 Å². The lowest BCUT2D eigenvalue weighted by Crippen LogP contribution is -2.20. The summed E-state index contributed by atoms with van der Waals surface area (Å²) in [4.78, 5) is 25.7. The number of anilines is 3. The van der Waals surface area contributed by atoms with E-state index in [-0.39, 0.29) is 17.1 Å². The highest BCUT2D eigenvalue weighted by Crippen LogP contribution is 2.32. The van der Waals surface area contributed by atoms with Crippen molar-refractivity contribution in [2.75, 3.05) is 17.3 Å². The standard InChI is InChI=1S/C21H15F4N5O/c1-30(17-7-9-27-18-15(17)6-8-26-18)19-16(10-13(22)11-28-19)20(31)29-14-4-2-12(3-5-14)21(23,24)25/h2-11H,1H3,(H,26,27)(H,29,31). The van der Waals surface area contributed by atoms with Gasteiger partial charge in [-0.15, -0.1) is 0 Å². The van der Waals surface area contributed by atoms with Crippen LogP contribution in [0.4, 0.5) is 34.8 Å². The predicted octanol–water partition coefficient (Wildman–Crippen LogP) is 5.14. The summed E-state index contributed by atoms with van der Waals surface area (Å²) in [5.41, 5.74) is 0.512. The second kappa shape index (κ2) is 7.71. The predicted molar refractivity (Wildman–Crippen MR) is 108 cm³/mol. The highest BCUT2D eigenvalue weighted by atomic mass is 19.4. The molecule has 0 saturated heterocycles. The Hall–Kier alpha value is -3.95. The molecule has 10 heteroatoms. The van der Waals surface area contributed by atoms with E-state index in [1.807, 2.05) is 0 Å². The highest BCUT2D eigenvalue weighted by molar-refractivity contribution is 6.08. The molecule has 6 nitrogen and oxygen atoms in total. The van der Waals surface area contributed by atoms with E-state index in [9.17, 15) is 22.4 Å². The number of aromatic amines is 1. The van der Waals surface area contributed by atoms with Crippen LogP contribution >= 0.6 is 0 Å². The molecule has 0 atom stereocenters. The summed E-state index contributed by atoms with van der Waals surface area (Å²) >= 11 is 0. The quantitative estimate of drug-likeness (QED) is 0.441. The van der Waals surface area contributed by atoms with Crippen LogP contribution in [0, 0.1) is 5.82 Å². The van der Waals surface area contributed by atoms with Gasteiger partial charge in [0.2, 0.25) is 0 Å². The van der Waals surface area contributed by atoms with E-state index in [0.717, 1.165) is 41.9 Å². The molecule has 0 aliphatic heterocycles. The molecular weight excluding hydrogens is 414 g/mol. The van der Waals surface area contributed by atoms with Crippen LogP contribution in [0.3, 0.4) is 0 Å². The minimum Gasteiger partial charge on any atom is -0.346 e. The normalized spacial score (nSPS) is 11.5. The van der Waals surface area contributed by atoms with Gasteiger partial charge in [-0.25, -0.2) is 14.4 Å². The maximum atomic E-state index is 13.9. The lowest BCUT2D eigenvalue weighted by atomic mass is 10.1. The summed E-state index contributed by atoms with van der Waals surface area (Å²) < 4.78 is 52.1. The number of nitrogens with zero attached hydrogens (tertiary/aromatic N) is 3. The van der Waals surface area contributed by atoms with Crippen molar-refractivity contribution in [2.24, 2.45) is 0 Å². The van der Waals surface area contributed by atoms with Crippen molar-refractivity contribution in [3.63, 3.8) is 0 Å². The zero-order valence-corrected chi connectivity index (χ0v) is 16.0. The molecule has 1 aromatic carbocycles. The van der Waals surface area contributed by atoms with Gasteiger partial charge in [-0.05, 0) is 42.5 Å². The van der Waals surface area contributed by atoms with E-state index < -0.39 is 23.5 Å². The molecule has 3 aromatic heterocycles. The molecule has 4 rings (SSSR count). The van der Waals surface area contributed by atoms with Crippen molar-refractivity contribution >= 4 is 34.1 Å². The minimum absolute atomic E-state index is 0.0807. The van der Waals surface area contributed by atoms with E-state index in [2.05, 4.69) is 20.3 Å². The lowest BCUT2D eigenvalue weighted by molar-refractivity contribution is -0.137. The molecule has 3 heterocycles. The van der Waals surface area contributed by atoms with Gasteiger partial charge in [0, 0.05) is 30.5 Å². The summed E-state index contributed by atoms with van der Waals surface area (Å²) in [5.74, 6) is -1.27. The number of alkyl halides is 3. The Labute approximate surface area is 173 Å². The summed E-state index contributed by atoms with van der Waals surface area (Å²) in [6.07, 6.45) is -0.212. The number of hydrogen-bond acceptors (Lipinski definition) is 4. The van der Waals surface area contributed by atoms with Crippen LogP contribution in [0.25, 0.3) is 11.0 Å². The Bertz CT molecular complexity index is 1250. The van der Waals surface area contributed by atoms with Crippen LogP contribution < -0.4 is 10.2 Å². The van der Waals surface area contributed by atoms with Gasteiger partial charge in [-0.2, -0.15) is 13.2 Å². The maximum absolute atomic E-state index is 13.9. The van der Waals surface area contributed by atoms with Crippen molar-refractivity contribution in [3.05, 3.63) is 78.0 Å². The fourth-order valence-electron chi connectivity index (χ4n) is 3.16. The first kappa shape index (κ1) is 20.3. The molecule has 2 N–H and O–H groups in total. The molecule has 0 bridgehead atoms. The molecule has 0 aliphatic rings. The van der Waals surface area contributed by atoms with Crippen molar-refractivity contribution in [1.29, 1.82) is 0 Å². The fourth-order valence-corrected chi connectivity index (χ4v) is 3.16. The zero-order chi connectivity index (χ0) is 22.2. The van der Waals surface area contributed by atoms with Crippen LogP contribution in [-0.4, -0.2) is 27.9 Å². The van der Waals surface area contributed by atoms with E-state index >= 15 is 0 Å². The molecule has 1 amide bonds. The number of benzene rings is 1. The van der Waals surface area contributed by atoms with Gasteiger partial charge in [0.15, 0.2) is 0 Å². The molecule has 158 valence electrons. The first-order valence-electron chi connectivity index (χ1n) is 9.04. The summed E-state index contributed by atoms with van der Waals surface area (Å²) in [6.45, 7) is 0. The molecular formula is C21H15F4N5O. The van der Waals surface area contributed by atoms with E-state index in [1.54, 1.807) is 36.5 Å². The van der Waals surface area contributed by atoms with Crippen LogP contribution in [0.15, 0.2) is 61.1 Å². The van der Waals surface area contributed by atoms with Crippen molar-refractivity contribution in [1.82, 2.24) is 15.0 Å². The molecule has 0 fully saturated rings. The first-order valence-corrected chi connectivity index (χ1v) is 9.04. The monoisotopic (exact) mass is 429 g/mol. The Morgan fingerprint density at radius 3 is 2.55 bits per heavy atom. The third kappa shape index (κ3) is 4.04. The highest BCUT2D eigenvalue weighted by Gasteiger charge is 2.30. The Morgan fingerprint density at radius 1 is 1.10 bits per heavy atom. The zero-order valence-electron chi connectivity index (χ0n) is 16.0. The van der Waals surface area contributed by atoms with Gasteiger partial charge in [0.1, 0.15) is 17.3 Å². The van der Waals surface area contributed by atoms with Crippen molar-refractivity contribution in [3.8, 4) is 0 Å². The topological polar surface area (TPSA) is 73.9 Å². The smallest absolute Gasteiger partial charge is 0.346 e. The first-order chi connectivity index (χ1) is 14.7. The number of H-pyrrole nitrogens is 1. The van der Waals surface area contributed by atoms with Crippen LogP contribution in [0.2, 0.25) is 0 Å². The SMILES string of the molecule is CN(c1ncc(F)cc1C(=O)Nc1ccc(C(F)(F)F)cc1)c1ccnc2[nH]ccc12. The average molecular weight is 429 g/mol. The third-order valence-electron chi connectivity index (χ3n) is 4.66. The van der Waals surface area contributed by atoms with Crippen LogP contribution in [0.1, 0.15) is 15.9 Å². The second-order valence-electron chi connectivity index (χ2n) is 6.68. The molecule has 0 spiro atoms. The molecule has 0 radical (unpaired) electrons. The van der Waals surface area contributed by atoms with Crippen LogP contribution in [0.5, 0.6) is 0 Å². The number of fused-ring (bicyclic) bond motifs is 1. The van der Waals surface area contributed by atoms with Gasteiger partial charge >= 0.3 is 6.18 Å². The van der Waals surface area contributed by atoms with Gasteiger partial charge < -0.3 is 15.2 Å². The van der Waals surface area contributed by atoms with E-state index in [0.29, 0.717) is 11.3 Å². The number of amides is 1. The maximum Gasteiger partial charge on any atom is 0.416 e. The molecule has 0 saturated carbocycles. The summed E-state index contributed by atoms with van der Waals surface area (Å²) in [7, 11) is 1.66. The Kier molecular flexibility index (Phi) is 5.05. The molecule has 0 aliphatic carbocycles. The Balaban J connectivity index is 1.67. The van der Waals surface area contributed by atoms with Gasteiger partial charge in [0.05, 0.1) is 23.0 Å². The summed E-state index contributed by atoms with van der Waals surface area (Å²) in [6, 6.07) is 8.51. The van der Waals surface area contributed by atoms with Crippen molar-refractivity contribution < 1.29 is 22.4 Å². The average Bonchev–Trinajstić information content (AvgIpc) is 3.22. The van der Waals surface area contributed by atoms with E-state index in [4.69, 9.17) is 0 Å². The number of nitrogens with one attached hydrogen (secondary N) is 2. The van der Waals surface area contributed by atoms with E-state index in [1.165, 1.54) is 0 Å². The number of rotatable bonds is 4. The number of pyridine rings is 2. The second-order valence-corrected chi connectivity index (χ2v) is 6.68. The largest absolute Gasteiger partial charge is 0.416 e. The molecule has 0 unspecified atom stereocenters. The number of carbonyl (C=O) groups excluding carboxylic acids is 1. The molecule has 4 aromatic rings. The van der Waals surface area contributed by atoms with Crippen molar-refractivity contribution in [2.45, 2.75) is 6.18 Å². The number of halogens is 4. The Morgan fingerprint density at radius 2 is 1.84 bits per heavy atom. The van der Waals surface area contributed by atoms with Gasteiger partial charge in [0.25, 0.3) is 5.91 Å². The summed E-state index contributed by atoms with van der Waals surface area (Å²) in [5, 5.41) is 3.25. The third-order valence-corrected chi connectivity index (χ3v) is 4.66.